The van der Waals surface area contributed by atoms with E-state index in [1.165, 1.54) is 0 Å². The highest BCUT2D eigenvalue weighted by molar-refractivity contribution is 7.07. The number of aromatic carboxylic acids is 1. The van der Waals surface area contributed by atoms with Gasteiger partial charge in [0.25, 0.3) is 0 Å². The summed E-state index contributed by atoms with van der Waals surface area (Å²) < 4.78 is 0. The Morgan fingerprint density at radius 2 is 2.16 bits per heavy atom. The number of carboxylic acid groups (broad SMARTS) is 1. The van der Waals surface area contributed by atoms with E-state index in [0.717, 1.165) is 5.56 Å². The van der Waals surface area contributed by atoms with Gasteiger partial charge in [0.2, 0.25) is 0 Å². The van der Waals surface area contributed by atoms with Crippen LogP contribution in [0.1, 0.15) is 40.1 Å². The van der Waals surface area contributed by atoms with Crippen molar-refractivity contribution in [2.75, 3.05) is 5.32 Å². The molecule has 0 saturated carbocycles. The summed E-state index contributed by atoms with van der Waals surface area (Å²) in [5, 5.41) is 24.4. The van der Waals surface area contributed by atoms with Gasteiger partial charge in [0.15, 0.2) is 5.82 Å². The van der Waals surface area contributed by atoms with Crippen molar-refractivity contribution in [1.82, 2.24) is 10.2 Å². The van der Waals surface area contributed by atoms with Gasteiger partial charge in [-0.25, -0.2) is 4.79 Å². The number of nitrogens with zero attached hydrogens (tertiary/aromatic N) is 2. The summed E-state index contributed by atoms with van der Waals surface area (Å²) in [6.45, 7) is 5.46. The second-order valence-corrected chi connectivity index (χ2v) is 5.14. The Morgan fingerprint density at radius 3 is 2.74 bits per heavy atom. The normalized spacial score (nSPS) is 12.2. The lowest BCUT2D eigenvalue weighted by Gasteiger charge is -2.16. The monoisotopic (exact) mass is 277 g/mol. The Bertz CT molecular complexity index is 596. The van der Waals surface area contributed by atoms with Gasteiger partial charge in [0.05, 0.1) is 11.7 Å². The first-order chi connectivity index (χ1) is 9.00. The van der Waals surface area contributed by atoms with Crippen molar-refractivity contribution in [3.63, 3.8) is 0 Å². The number of carbonyl (C=O) groups is 1. The van der Waals surface area contributed by atoms with E-state index in [0.29, 0.717) is 17.1 Å². The molecule has 0 aliphatic heterocycles. The molecule has 1 unspecified atom stereocenters. The zero-order valence-electron chi connectivity index (χ0n) is 11.0. The van der Waals surface area contributed by atoms with Crippen LogP contribution in [0.4, 0.5) is 5.82 Å². The summed E-state index contributed by atoms with van der Waals surface area (Å²) in [5.41, 5.74) is 2.56. The van der Waals surface area contributed by atoms with Crippen LogP contribution in [-0.2, 0) is 0 Å². The molecule has 0 spiro atoms. The molecule has 0 fully saturated rings. The smallest absolute Gasteiger partial charge is 0.339 e. The van der Waals surface area contributed by atoms with Gasteiger partial charge >= 0.3 is 5.97 Å². The highest BCUT2D eigenvalue weighted by Gasteiger charge is 2.19. The predicted octanol–water partition coefficient (Wildman–Crippen LogP) is 3.03. The van der Waals surface area contributed by atoms with Crippen LogP contribution < -0.4 is 5.32 Å². The van der Waals surface area contributed by atoms with E-state index in [1.807, 2.05) is 23.8 Å². The van der Waals surface area contributed by atoms with Crippen LogP contribution in [0.25, 0.3) is 0 Å². The minimum absolute atomic E-state index is 0.0132. The molecular weight excluding hydrogens is 262 g/mol. The molecule has 0 aromatic carbocycles. The summed E-state index contributed by atoms with van der Waals surface area (Å²) in [6, 6.07) is 1.98. The largest absolute Gasteiger partial charge is 0.478 e. The van der Waals surface area contributed by atoms with Gasteiger partial charge in [-0.2, -0.15) is 16.4 Å². The summed E-state index contributed by atoms with van der Waals surface area (Å²) in [4.78, 5) is 11.4. The third kappa shape index (κ3) is 2.73. The van der Waals surface area contributed by atoms with Gasteiger partial charge in [0, 0.05) is 0 Å². The highest BCUT2D eigenvalue weighted by Crippen LogP contribution is 2.24. The van der Waals surface area contributed by atoms with Crippen LogP contribution in [-0.4, -0.2) is 21.3 Å². The molecule has 2 heterocycles. The third-order valence-electron chi connectivity index (χ3n) is 3.06. The first-order valence-electron chi connectivity index (χ1n) is 5.86. The molecule has 2 rings (SSSR count). The first-order valence-corrected chi connectivity index (χ1v) is 6.80. The lowest BCUT2D eigenvalue weighted by atomic mass is 10.1. The zero-order valence-corrected chi connectivity index (χ0v) is 11.8. The van der Waals surface area contributed by atoms with Gasteiger partial charge in [-0.1, -0.05) is 0 Å². The van der Waals surface area contributed by atoms with Crippen LogP contribution in [0.5, 0.6) is 0 Å². The Labute approximate surface area is 115 Å². The molecule has 2 aromatic heterocycles. The fraction of sp³-hybridized carbons (Fsp3) is 0.308. The zero-order chi connectivity index (χ0) is 14.0. The SMILES string of the molecule is Cc1nnc(NC(C)c2ccsc2)c(C(=O)O)c1C. The topological polar surface area (TPSA) is 75.1 Å². The average Bonchev–Trinajstić information content (AvgIpc) is 2.87. The molecule has 0 aliphatic rings. The Hall–Kier alpha value is -1.95. The molecule has 2 aromatic rings. The lowest BCUT2D eigenvalue weighted by Crippen LogP contribution is -2.15. The number of aromatic nitrogens is 2. The van der Waals surface area contributed by atoms with Crippen LogP contribution in [0.15, 0.2) is 16.8 Å². The Balaban J connectivity index is 2.35. The Morgan fingerprint density at radius 1 is 1.42 bits per heavy atom. The van der Waals surface area contributed by atoms with Crippen molar-refractivity contribution in [3.8, 4) is 0 Å². The maximum Gasteiger partial charge on any atom is 0.339 e. The van der Waals surface area contributed by atoms with E-state index in [4.69, 9.17) is 0 Å². The van der Waals surface area contributed by atoms with Gasteiger partial charge in [0.1, 0.15) is 5.56 Å². The van der Waals surface area contributed by atoms with Crippen molar-refractivity contribution in [3.05, 3.63) is 39.2 Å². The molecule has 0 bridgehead atoms. The van der Waals surface area contributed by atoms with Crippen molar-refractivity contribution >= 4 is 23.1 Å². The number of nitrogens with one attached hydrogen (secondary N) is 1. The quantitative estimate of drug-likeness (QED) is 0.898. The summed E-state index contributed by atoms with van der Waals surface area (Å²) >= 11 is 1.60. The van der Waals surface area contributed by atoms with Crippen LogP contribution in [0, 0.1) is 13.8 Å². The second kappa shape index (κ2) is 5.36. The maximum absolute atomic E-state index is 11.4. The van der Waals surface area contributed by atoms with Crippen LogP contribution >= 0.6 is 11.3 Å². The number of carboxylic acids is 1. The molecule has 19 heavy (non-hydrogen) atoms. The number of thiophene rings is 1. The predicted molar refractivity (Wildman–Crippen MR) is 74.8 cm³/mol. The van der Waals surface area contributed by atoms with E-state index >= 15 is 0 Å². The summed E-state index contributed by atoms with van der Waals surface area (Å²) in [5.74, 6) is -0.676. The van der Waals surface area contributed by atoms with Crippen molar-refractivity contribution in [2.45, 2.75) is 26.8 Å². The first kappa shape index (κ1) is 13.5. The van der Waals surface area contributed by atoms with Gasteiger partial charge in [-0.3, -0.25) is 0 Å². The third-order valence-corrected chi connectivity index (χ3v) is 3.77. The van der Waals surface area contributed by atoms with Crippen molar-refractivity contribution in [1.29, 1.82) is 0 Å². The van der Waals surface area contributed by atoms with Gasteiger partial charge < -0.3 is 10.4 Å². The summed E-state index contributed by atoms with van der Waals surface area (Å²) in [7, 11) is 0. The number of aryl methyl sites for hydroxylation is 1. The van der Waals surface area contributed by atoms with Crippen LogP contribution in [0.2, 0.25) is 0 Å². The van der Waals surface area contributed by atoms with E-state index in [2.05, 4.69) is 15.5 Å². The van der Waals surface area contributed by atoms with Gasteiger partial charge in [-0.05, 0) is 48.7 Å². The fourth-order valence-electron chi connectivity index (χ4n) is 1.78. The number of rotatable bonds is 4. The van der Waals surface area contributed by atoms with E-state index in [9.17, 15) is 9.90 Å². The number of hydrogen-bond acceptors (Lipinski definition) is 5. The fourth-order valence-corrected chi connectivity index (χ4v) is 2.54. The Kier molecular flexibility index (Phi) is 3.80. The highest BCUT2D eigenvalue weighted by atomic mass is 32.1. The molecule has 6 heteroatoms. The second-order valence-electron chi connectivity index (χ2n) is 4.36. The van der Waals surface area contributed by atoms with Crippen molar-refractivity contribution in [2.24, 2.45) is 0 Å². The molecule has 0 radical (unpaired) electrons. The molecular formula is C13H15N3O2S. The summed E-state index contributed by atoms with van der Waals surface area (Å²) in [6.07, 6.45) is 0. The maximum atomic E-state index is 11.4. The minimum Gasteiger partial charge on any atom is -0.478 e. The van der Waals surface area contributed by atoms with Gasteiger partial charge in [-0.15, -0.1) is 5.10 Å². The minimum atomic E-state index is -0.990. The average molecular weight is 277 g/mol. The van der Waals surface area contributed by atoms with E-state index in [1.54, 1.807) is 25.2 Å². The lowest BCUT2D eigenvalue weighted by molar-refractivity contribution is 0.0696. The molecule has 0 saturated heterocycles. The van der Waals surface area contributed by atoms with Crippen LogP contribution in [0.3, 0.4) is 0 Å². The number of hydrogen-bond donors (Lipinski definition) is 2. The molecule has 5 nitrogen and oxygen atoms in total. The van der Waals surface area contributed by atoms with Crippen molar-refractivity contribution < 1.29 is 9.90 Å². The molecule has 0 amide bonds. The molecule has 100 valence electrons. The molecule has 1 atom stereocenters. The van der Waals surface area contributed by atoms with E-state index in [-0.39, 0.29) is 11.6 Å². The molecule has 2 N–H and O–H groups in total. The van der Waals surface area contributed by atoms with E-state index < -0.39 is 5.97 Å². The number of anilines is 1. The standard InChI is InChI=1S/C13H15N3O2S/c1-7-8(2)15-16-12(11(7)13(17)18)14-9(3)10-4-5-19-6-10/h4-6,9H,1-3H3,(H,14,16)(H,17,18). The molecule has 0 aliphatic carbocycles.